The number of nitrogens with zero attached hydrogens (tertiary/aromatic N) is 1. The summed E-state index contributed by atoms with van der Waals surface area (Å²) in [5.74, 6) is -4.14. The highest BCUT2D eigenvalue weighted by atomic mass is 32.2. The van der Waals surface area contributed by atoms with Crippen molar-refractivity contribution in [2.24, 2.45) is 0 Å². The molecule has 1 saturated heterocycles. The molecule has 0 saturated carbocycles. The van der Waals surface area contributed by atoms with E-state index in [2.05, 4.69) is 4.84 Å². The summed E-state index contributed by atoms with van der Waals surface area (Å²) < 4.78 is 35.2. The van der Waals surface area contributed by atoms with Crippen molar-refractivity contribution in [1.82, 2.24) is 5.06 Å². The van der Waals surface area contributed by atoms with Gasteiger partial charge in [-0.15, -0.1) is 16.8 Å². The van der Waals surface area contributed by atoms with E-state index in [0.29, 0.717) is 16.8 Å². The normalized spacial score (nSPS) is 16.5. The third-order valence-corrected chi connectivity index (χ3v) is 2.66. The maximum Gasteiger partial charge on any atom is 0.397 e. The van der Waals surface area contributed by atoms with E-state index in [9.17, 15) is 27.6 Å². The van der Waals surface area contributed by atoms with Crippen LogP contribution in [0.15, 0.2) is 0 Å². The number of halogens is 3. The Morgan fingerprint density at radius 2 is 1.82 bits per heavy atom. The Labute approximate surface area is 98.2 Å². The lowest BCUT2D eigenvalue weighted by atomic mass is 10.4. The first-order valence-corrected chi connectivity index (χ1v) is 5.66. The molecule has 1 rings (SSSR count). The van der Waals surface area contributed by atoms with Crippen LogP contribution in [0.4, 0.5) is 13.2 Å². The van der Waals surface area contributed by atoms with Crippen molar-refractivity contribution in [3.63, 3.8) is 0 Å². The number of hydroxylamine groups is 2. The minimum Gasteiger partial charge on any atom is -0.329 e. The standard InChI is InChI=1S/C8H8F3NO4S/c9-8(10,11)4-17-3-7(15)16-12-5(13)1-2-6(12)14/h1-4H2. The number of hydrogen-bond donors (Lipinski definition) is 0. The highest BCUT2D eigenvalue weighted by Gasteiger charge is 2.33. The molecule has 0 atom stereocenters. The van der Waals surface area contributed by atoms with Gasteiger partial charge in [-0.05, 0) is 0 Å². The monoisotopic (exact) mass is 271 g/mol. The zero-order valence-electron chi connectivity index (χ0n) is 8.45. The smallest absolute Gasteiger partial charge is 0.329 e. The zero-order chi connectivity index (χ0) is 13.1. The minimum absolute atomic E-state index is 0.0538. The van der Waals surface area contributed by atoms with Gasteiger partial charge >= 0.3 is 12.1 Å². The van der Waals surface area contributed by atoms with Crippen LogP contribution in [0.3, 0.4) is 0 Å². The summed E-state index contributed by atoms with van der Waals surface area (Å²) in [5, 5.41) is 0.302. The molecule has 17 heavy (non-hydrogen) atoms. The van der Waals surface area contributed by atoms with E-state index < -0.39 is 35.5 Å². The number of carbonyl (C=O) groups excluding carboxylic acids is 3. The largest absolute Gasteiger partial charge is 0.397 e. The van der Waals surface area contributed by atoms with E-state index in [4.69, 9.17) is 0 Å². The Hall–Kier alpha value is -1.25. The van der Waals surface area contributed by atoms with Crippen LogP contribution in [-0.4, -0.2) is 40.5 Å². The van der Waals surface area contributed by atoms with E-state index in [1.807, 2.05) is 0 Å². The van der Waals surface area contributed by atoms with E-state index >= 15 is 0 Å². The van der Waals surface area contributed by atoms with Crippen molar-refractivity contribution in [2.45, 2.75) is 19.0 Å². The Bertz CT molecular complexity index is 328. The fourth-order valence-electron chi connectivity index (χ4n) is 1.04. The number of hydrogen-bond acceptors (Lipinski definition) is 5. The van der Waals surface area contributed by atoms with Gasteiger partial charge in [0.15, 0.2) is 0 Å². The molecule has 1 heterocycles. The van der Waals surface area contributed by atoms with Crippen molar-refractivity contribution >= 4 is 29.5 Å². The maximum absolute atomic E-state index is 11.7. The third kappa shape index (κ3) is 4.63. The second kappa shape index (κ2) is 5.39. The first-order chi connectivity index (χ1) is 7.79. The lowest BCUT2D eigenvalue weighted by molar-refractivity contribution is -0.195. The number of carbonyl (C=O) groups is 3. The minimum atomic E-state index is -4.37. The molecule has 0 aromatic heterocycles. The summed E-state index contributed by atoms with van der Waals surface area (Å²) in [6.45, 7) is 0. The average molecular weight is 271 g/mol. The topological polar surface area (TPSA) is 63.7 Å². The van der Waals surface area contributed by atoms with Crippen LogP contribution < -0.4 is 0 Å². The fourth-order valence-corrected chi connectivity index (χ4v) is 1.59. The molecule has 0 unspecified atom stereocenters. The van der Waals surface area contributed by atoms with Crippen molar-refractivity contribution in [1.29, 1.82) is 0 Å². The van der Waals surface area contributed by atoms with Crippen LogP contribution >= 0.6 is 11.8 Å². The molecule has 5 nitrogen and oxygen atoms in total. The molecule has 0 aromatic rings. The lowest BCUT2D eigenvalue weighted by Gasteiger charge is -2.12. The highest BCUT2D eigenvalue weighted by Crippen LogP contribution is 2.21. The van der Waals surface area contributed by atoms with Crippen LogP contribution in [-0.2, 0) is 19.2 Å². The molecule has 1 aliphatic rings. The molecule has 2 amide bonds. The summed E-state index contributed by atoms with van der Waals surface area (Å²) in [4.78, 5) is 37.4. The number of alkyl halides is 3. The molecule has 0 bridgehead atoms. The van der Waals surface area contributed by atoms with Crippen molar-refractivity contribution < 1.29 is 32.4 Å². The van der Waals surface area contributed by atoms with Crippen LogP contribution in [0.5, 0.6) is 0 Å². The molecule has 1 aliphatic heterocycles. The molecule has 0 aromatic carbocycles. The van der Waals surface area contributed by atoms with Crippen molar-refractivity contribution in [3.8, 4) is 0 Å². The summed E-state index contributed by atoms with van der Waals surface area (Å²) >= 11 is 0.305. The number of amides is 2. The highest BCUT2D eigenvalue weighted by molar-refractivity contribution is 7.99. The lowest BCUT2D eigenvalue weighted by Crippen LogP contribution is -2.32. The molecular weight excluding hydrogens is 263 g/mol. The summed E-state index contributed by atoms with van der Waals surface area (Å²) in [7, 11) is 0. The molecule has 0 radical (unpaired) electrons. The molecule has 0 aliphatic carbocycles. The van der Waals surface area contributed by atoms with Gasteiger partial charge < -0.3 is 4.84 Å². The van der Waals surface area contributed by atoms with Crippen LogP contribution in [0.2, 0.25) is 0 Å². The van der Waals surface area contributed by atoms with Crippen molar-refractivity contribution in [2.75, 3.05) is 11.5 Å². The van der Waals surface area contributed by atoms with E-state index in [1.165, 1.54) is 0 Å². The fraction of sp³-hybridized carbons (Fsp3) is 0.625. The summed E-state index contributed by atoms with van der Waals surface area (Å²) in [5.41, 5.74) is 0. The van der Waals surface area contributed by atoms with Crippen LogP contribution in [0, 0.1) is 0 Å². The summed E-state index contributed by atoms with van der Waals surface area (Å²) in [6, 6.07) is 0. The predicted octanol–water partition coefficient (Wildman–Crippen LogP) is 0.889. The molecule has 0 spiro atoms. The quantitative estimate of drug-likeness (QED) is 0.710. The Balaban J connectivity index is 2.30. The van der Waals surface area contributed by atoms with Gasteiger partial charge in [0.1, 0.15) is 0 Å². The third-order valence-electron chi connectivity index (χ3n) is 1.68. The number of thioether (sulfide) groups is 1. The van der Waals surface area contributed by atoms with E-state index in [-0.39, 0.29) is 12.8 Å². The van der Waals surface area contributed by atoms with Gasteiger partial charge in [-0.25, -0.2) is 4.79 Å². The second-order valence-electron chi connectivity index (χ2n) is 3.15. The predicted molar refractivity (Wildman–Crippen MR) is 50.6 cm³/mol. The maximum atomic E-state index is 11.7. The Morgan fingerprint density at radius 3 is 2.29 bits per heavy atom. The zero-order valence-corrected chi connectivity index (χ0v) is 9.27. The summed E-state index contributed by atoms with van der Waals surface area (Å²) in [6.07, 6.45) is -4.48. The molecule has 0 N–H and O–H groups in total. The van der Waals surface area contributed by atoms with Crippen LogP contribution in [0.25, 0.3) is 0 Å². The second-order valence-corrected chi connectivity index (χ2v) is 4.14. The number of rotatable bonds is 4. The molecule has 96 valence electrons. The Kier molecular flexibility index (Phi) is 4.38. The van der Waals surface area contributed by atoms with Gasteiger partial charge in [-0.3, -0.25) is 9.59 Å². The first-order valence-electron chi connectivity index (χ1n) is 4.50. The molecular formula is C8H8F3NO4S. The average Bonchev–Trinajstić information content (AvgIpc) is 2.47. The first kappa shape index (κ1) is 13.8. The van der Waals surface area contributed by atoms with Gasteiger partial charge in [-0.1, -0.05) is 0 Å². The molecule has 1 fully saturated rings. The number of imide groups is 1. The Morgan fingerprint density at radius 1 is 1.29 bits per heavy atom. The van der Waals surface area contributed by atoms with E-state index in [1.54, 1.807) is 0 Å². The van der Waals surface area contributed by atoms with Gasteiger partial charge in [0.05, 0.1) is 11.5 Å². The van der Waals surface area contributed by atoms with Gasteiger partial charge in [0, 0.05) is 12.8 Å². The molecule has 9 heteroatoms. The van der Waals surface area contributed by atoms with E-state index in [0.717, 1.165) is 0 Å². The van der Waals surface area contributed by atoms with Crippen molar-refractivity contribution in [3.05, 3.63) is 0 Å². The van der Waals surface area contributed by atoms with Gasteiger partial charge in [0.2, 0.25) is 0 Å². The van der Waals surface area contributed by atoms with Crippen LogP contribution in [0.1, 0.15) is 12.8 Å². The SMILES string of the molecule is O=C(CSCC(F)(F)F)ON1C(=O)CCC1=O. The van der Waals surface area contributed by atoms with Gasteiger partial charge in [0.25, 0.3) is 11.8 Å². The van der Waals surface area contributed by atoms with Gasteiger partial charge in [-0.2, -0.15) is 13.2 Å².